The first kappa shape index (κ1) is 20.7. The third-order valence-electron chi connectivity index (χ3n) is 6.72. The molecule has 2 aliphatic rings. The molecule has 1 aliphatic heterocycles. The van der Waals surface area contributed by atoms with Crippen molar-refractivity contribution in [3.63, 3.8) is 0 Å². The summed E-state index contributed by atoms with van der Waals surface area (Å²) in [7, 11) is 1.59. The van der Waals surface area contributed by atoms with Crippen molar-refractivity contribution in [2.45, 2.75) is 50.0 Å². The highest BCUT2D eigenvalue weighted by atomic mass is 16.5. The van der Waals surface area contributed by atoms with Gasteiger partial charge in [-0.1, -0.05) is 37.3 Å². The van der Waals surface area contributed by atoms with Crippen molar-refractivity contribution in [1.29, 1.82) is 5.26 Å². The molecule has 2 aromatic carbocycles. The van der Waals surface area contributed by atoms with E-state index in [4.69, 9.17) is 10.00 Å². The van der Waals surface area contributed by atoms with Gasteiger partial charge in [0, 0.05) is 23.7 Å². The SMILES string of the molecule is CCNC1(c2ccccc2)CCC2(CC1)CN(c1ccc(C#N)cc1OC)C(O)N2. The molecule has 6 nitrogen and oxygen atoms in total. The number of anilines is 1. The van der Waals surface area contributed by atoms with Crippen molar-refractivity contribution < 1.29 is 9.84 Å². The predicted octanol–water partition coefficient (Wildman–Crippen LogP) is 3.07. The number of rotatable bonds is 5. The van der Waals surface area contributed by atoms with Crippen LogP contribution in [0.4, 0.5) is 5.69 Å². The summed E-state index contributed by atoms with van der Waals surface area (Å²) >= 11 is 0. The molecule has 158 valence electrons. The maximum absolute atomic E-state index is 10.8. The molecule has 0 radical (unpaired) electrons. The maximum Gasteiger partial charge on any atom is 0.184 e. The highest BCUT2D eigenvalue weighted by Gasteiger charge is 2.49. The fourth-order valence-corrected chi connectivity index (χ4v) is 5.13. The van der Waals surface area contributed by atoms with Crippen LogP contribution in [0.5, 0.6) is 5.75 Å². The van der Waals surface area contributed by atoms with Crippen molar-refractivity contribution in [1.82, 2.24) is 10.6 Å². The molecule has 3 N–H and O–H groups in total. The molecule has 0 amide bonds. The van der Waals surface area contributed by atoms with Crippen LogP contribution in [-0.4, -0.2) is 37.2 Å². The van der Waals surface area contributed by atoms with E-state index >= 15 is 0 Å². The van der Waals surface area contributed by atoms with E-state index in [1.165, 1.54) is 5.56 Å². The molecule has 0 aromatic heterocycles. The Bertz CT molecular complexity index is 917. The Morgan fingerprint density at radius 1 is 1.20 bits per heavy atom. The smallest absolute Gasteiger partial charge is 0.184 e. The molecule has 0 bridgehead atoms. The van der Waals surface area contributed by atoms with Crippen LogP contribution in [0.1, 0.15) is 43.7 Å². The second kappa shape index (κ2) is 8.27. The van der Waals surface area contributed by atoms with Crippen LogP contribution in [0.3, 0.4) is 0 Å². The van der Waals surface area contributed by atoms with Crippen LogP contribution >= 0.6 is 0 Å². The number of aliphatic hydroxyl groups excluding tert-OH is 1. The van der Waals surface area contributed by atoms with Gasteiger partial charge < -0.3 is 20.1 Å². The second-order valence-electron chi connectivity index (χ2n) is 8.40. The Hall–Kier alpha value is -2.59. The molecule has 1 saturated carbocycles. The molecule has 30 heavy (non-hydrogen) atoms. The standard InChI is InChI=1S/C24H30N4O2/c1-3-26-24(19-7-5-4-6-8-19)13-11-23(12-14-24)17-28(22(29)27-23)20-10-9-18(16-25)15-21(20)30-2/h4-10,15,22,26-27,29H,3,11-14,17H2,1-2H3. The van der Waals surface area contributed by atoms with E-state index in [2.05, 4.69) is 54.0 Å². The monoisotopic (exact) mass is 406 g/mol. The number of methoxy groups -OCH3 is 1. The summed E-state index contributed by atoms with van der Waals surface area (Å²) in [6.45, 7) is 3.78. The molecular weight excluding hydrogens is 376 g/mol. The summed E-state index contributed by atoms with van der Waals surface area (Å²) in [4.78, 5) is 1.95. The largest absolute Gasteiger partial charge is 0.495 e. The Morgan fingerprint density at radius 3 is 2.57 bits per heavy atom. The average Bonchev–Trinajstić information content (AvgIpc) is 3.11. The molecule has 1 unspecified atom stereocenters. The minimum atomic E-state index is -0.782. The van der Waals surface area contributed by atoms with Gasteiger partial charge in [0.2, 0.25) is 0 Å². The lowest BCUT2D eigenvalue weighted by Crippen LogP contribution is -2.54. The minimum Gasteiger partial charge on any atom is -0.495 e. The molecule has 4 rings (SSSR count). The Labute approximate surface area is 178 Å². The summed E-state index contributed by atoms with van der Waals surface area (Å²) in [5.74, 6) is 0.606. The highest BCUT2D eigenvalue weighted by molar-refractivity contribution is 5.62. The van der Waals surface area contributed by atoms with Gasteiger partial charge in [0.1, 0.15) is 5.75 Å². The quantitative estimate of drug-likeness (QED) is 0.708. The van der Waals surface area contributed by atoms with Gasteiger partial charge in [-0.25, -0.2) is 0 Å². The number of benzene rings is 2. The van der Waals surface area contributed by atoms with E-state index < -0.39 is 6.35 Å². The van der Waals surface area contributed by atoms with Crippen molar-refractivity contribution in [3.05, 3.63) is 59.7 Å². The molecule has 6 heteroatoms. The average molecular weight is 407 g/mol. The molecule has 1 spiro atoms. The molecular formula is C24H30N4O2. The molecule has 1 atom stereocenters. The molecule has 1 aliphatic carbocycles. The Morgan fingerprint density at radius 2 is 1.93 bits per heavy atom. The van der Waals surface area contributed by atoms with Crippen LogP contribution in [0.25, 0.3) is 0 Å². The van der Waals surface area contributed by atoms with E-state index in [0.29, 0.717) is 17.9 Å². The number of nitrogens with one attached hydrogen (secondary N) is 2. The molecule has 2 aromatic rings. The zero-order chi connectivity index (χ0) is 21.2. The maximum atomic E-state index is 10.8. The van der Waals surface area contributed by atoms with E-state index in [-0.39, 0.29) is 11.1 Å². The lowest BCUT2D eigenvalue weighted by Gasteiger charge is -2.45. The van der Waals surface area contributed by atoms with Crippen LogP contribution in [0.15, 0.2) is 48.5 Å². The van der Waals surface area contributed by atoms with Gasteiger partial charge >= 0.3 is 0 Å². The first-order chi connectivity index (χ1) is 14.5. The number of nitrogens with zero attached hydrogens (tertiary/aromatic N) is 2. The van der Waals surface area contributed by atoms with Gasteiger partial charge in [0.05, 0.1) is 24.4 Å². The van der Waals surface area contributed by atoms with Crippen LogP contribution in [0.2, 0.25) is 0 Å². The van der Waals surface area contributed by atoms with E-state index in [9.17, 15) is 5.11 Å². The zero-order valence-electron chi connectivity index (χ0n) is 17.7. The molecule has 2 fully saturated rings. The molecule has 1 heterocycles. The number of hydrogen-bond donors (Lipinski definition) is 3. The zero-order valence-corrected chi connectivity index (χ0v) is 17.7. The minimum absolute atomic E-state index is 0.0204. The third kappa shape index (κ3) is 3.65. The summed E-state index contributed by atoms with van der Waals surface area (Å²) in [6, 6.07) is 18.2. The summed E-state index contributed by atoms with van der Waals surface area (Å²) < 4.78 is 5.51. The Kier molecular flexibility index (Phi) is 5.70. The van der Waals surface area contributed by atoms with Gasteiger partial charge in [0.15, 0.2) is 6.35 Å². The van der Waals surface area contributed by atoms with Crippen molar-refractivity contribution in [2.75, 3.05) is 25.1 Å². The van der Waals surface area contributed by atoms with Gasteiger partial charge in [-0.15, -0.1) is 0 Å². The van der Waals surface area contributed by atoms with Gasteiger partial charge in [0.25, 0.3) is 0 Å². The predicted molar refractivity (Wildman–Crippen MR) is 117 cm³/mol. The number of hydrogen-bond acceptors (Lipinski definition) is 6. The van der Waals surface area contributed by atoms with Crippen molar-refractivity contribution in [2.24, 2.45) is 0 Å². The van der Waals surface area contributed by atoms with Gasteiger partial charge in [-0.3, -0.25) is 5.32 Å². The normalized spacial score (nSPS) is 28.5. The second-order valence-corrected chi connectivity index (χ2v) is 8.40. The van der Waals surface area contributed by atoms with Crippen molar-refractivity contribution >= 4 is 5.69 Å². The lowest BCUT2D eigenvalue weighted by atomic mass is 9.69. The van der Waals surface area contributed by atoms with Gasteiger partial charge in [-0.05, 0) is 49.9 Å². The summed E-state index contributed by atoms with van der Waals surface area (Å²) in [6.07, 6.45) is 3.14. The fourth-order valence-electron chi connectivity index (χ4n) is 5.13. The van der Waals surface area contributed by atoms with Crippen LogP contribution in [0, 0.1) is 11.3 Å². The topological polar surface area (TPSA) is 80.6 Å². The summed E-state index contributed by atoms with van der Waals surface area (Å²) in [5, 5.41) is 27.2. The number of nitriles is 1. The number of aliphatic hydroxyl groups is 1. The highest BCUT2D eigenvalue weighted by Crippen LogP contribution is 2.45. The molecule has 1 saturated heterocycles. The third-order valence-corrected chi connectivity index (χ3v) is 6.72. The number of ether oxygens (including phenoxy) is 1. The Balaban J connectivity index is 1.55. The lowest BCUT2D eigenvalue weighted by molar-refractivity contribution is 0.106. The first-order valence-electron chi connectivity index (χ1n) is 10.7. The van der Waals surface area contributed by atoms with E-state index in [0.717, 1.165) is 37.9 Å². The van der Waals surface area contributed by atoms with E-state index in [1.807, 2.05) is 11.0 Å². The van der Waals surface area contributed by atoms with Crippen LogP contribution in [-0.2, 0) is 5.54 Å². The van der Waals surface area contributed by atoms with Crippen LogP contribution < -0.4 is 20.3 Å². The first-order valence-corrected chi connectivity index (χ1v) is 10.7. The van der Waals surface area contributed by atoms with E-state index in [1.54, 1.807) is 19.2 Å². The fraction of sp³-hybridized carbons (Fsp3) is 0.458. The van der Waals surface area contributed by atoms with Crippen molar-refractivity contribution in [3.8, 4) is 11.8 Å². The van der Waals surface area contributed by atoms with Gasteiger partial charge in [-0.2, -0.15) is 5.26 Å². The summed E-state index contributed by atoms with van der Waals surface area (Å²) in [5.41, 5.74) is 2.52.